The maximum atomic E-state index is 11.9. The number of ether oxygens (including phenoxy) is 1. The summed E-state index contributed by atoms with van der Waals surface area (Å²) >= 11 is 6.13. The topological polar surface area (TPSA) is 55.6 Å². The van der Waals surface area contributed by atoms with E-state index in [0.717, 1.165) is 18.4 Å². The summed E-state index contributed by atoms with van der Waals surface area (Å²) in [4.78, 5) is 13.7. The summed E-state index contributed by atoms with van der Waals surface area (Å²) in [5.74, 6) is 0.0175. The average Bonchev–Trinajstić information content (AvgIpc) is 2.42. The Morgan fingerprint density at radius 1 is 1.42 bits per heavy atom. The molecule has 1 aromatic carbocycles. The minimum absolute atomic E-state index is 0.0175. The second kappa shape index (κ2) is 6.89. The van der Waals surface area contributed by atoms with E-state index in [1.54, 1.807) is 0 Å². The third-order valence-electron chi connectivity index (χ3n) is 3.27. The van der Waals surface area contributed by atoms with E-state index in [2.05, 4.69) is 0 Å². The van der Waals surface area contributed by atoms with Gasteiger partial charge in [-0.15, -0.1) is 0 Å². The fraction of sp³-hybridized carbons (Fsp3) is 0.500. The van der Waals surface area contributed by atoms with E-state index < -0.39 is 0 Å². The summed E-state index contributed by atoms with van der Waals surface area (Å²) in [6.07, 6.45) is 1.89. The quantitative estimate of drug-likeness (QED) is 0.896. The van der Waals surface area contributed by atoms with Crippen LogP contribution in [0.1, 0.15) is 18.4 Å². The van der Waals surface area contributed by atoms with Crippen molar-refractivity contribution in [1.82, 2.24) is 4.90 Å². The number of nitrogens with two attached hydrogens (primary N) is 1. The summed E-state index contributed by atoms with van der Waals surface area (Å²) in [6, 6.07) is 7.60. The first-order valence-electron chi connectivity index (χ1n) is 6.53. The lowest BCUT2D eigenvalue weighted by atomic mass is 10.1. The molecule has 1 fully saturated rings. The van der Waals surface area contributed by atoms with Crippen molar-refractivity contribution in [2.24, 2.45) is 5.73 Å². The predicted molar refractivity (Wildman–Crippen MR) is 74.9 cm³/mol. The minimum Gasteiger partial charge on any atom is -0.367 e. The Hall–Kier alpha value is -1.10. The number of halogens is 1. The van der Waals surface area contributed by atoms with Crippen LogP contribution in [0.4, 0.5) is 0 Å². The zero-order valence-corrected chi connectivity index (χ0v) is 11.6. The Morgan fingerprint density at radius 2 is 2.21 bits per heavy atom. The fourth-order valence-corrected chi connectivity index (χ4v) is 2.38. The standard InChI is InChI=1S/C14H19ClN2O2/c15-13-6-2-1-4-11(13)8-17-9-12(5-3-7-16)19-10-14(17)18/h1-2,4,6,12H,3,5,7-10,16H2. The van der Waals surface area contributed by atoms with Crippen LogP contribution in [0.2, 0.25) is 5.02 Å². The molecular weight excluding hydrogens is 264 g/mol. The second-order valence-electron chi connectivity index (χ2n) is 4.73. The summed E-state index contributed by atoms with van der Waals surface area (Å²) < 4.78 is 5.51. The summed E-state index contributed by atoms with van der Waals surface area (Å²) in [7, 11) is 0. The highest BCUT2D eigenvalue weighted by Gasteiger charge is 2.26. The second-order valence-corrected chi connectivity index (χ2v) is 5.14. The number of hydrogen-bond donors (Lipinski definition) is 1. The van der Waals surface area contributed by atoms with Gasteiger partial charge in [0.15, 0.2) is 0 Å². The molecule has 1 heterocycles. The molecule has 19 heavy (non-hydrogen) atoms. The van der Waals surface area contributed by atoms with Crippen LogP contribution in [-0.4, -0.2) is 36.6 Å². The predicted octanol–water partition coefficient (Wildman–Crippen LogP) is 1.81. The van der Waals surface area contributed by atoms with Gasteiger partial charge < -0.3 is 15.4 Å². The van der Waals surface area contributed by atoms with Crippen molar-refractivity contribution in [3.8, 4) is 0 Å². The van der Waals surface area contributed by atoms with E-state index >= 15 is 0 Å². The number of hydrogen-bond acceptors (Lipinski definition) is 3. The van der Waals surface area contributed by atoms with Crippen LogP contribution in [0.3, 0.4) is 0 Å². The third-order valence-corrected chi connectivity index (χ3v) is 3.64. The first-order valence-corrected chi connectivity index (χ1v) is 6.91. The molecule has 5 heteroatoms. The molecule has 0 aliphatic carbocycles. The summed E-state index contributed by atoms with van der Waals surface area (Å²) in [5, 5.41) is 0.695. The lowest BCUT2D eigenvalue weighted by Gasteiger charge is -2.33. The largest absolute Gasteiger partial charge is 0.367 e. The molecule has 1 aromatic rings. The summed E-state index contributed by atoms with van der Waals surface area (Å²) in [5.41, 5.74) is 6.47. The van der Waals surface area contributed by atoms with Crippen molar-refractivity contribution in [3.05, 3.63) is 34.9 Å². The first kappa shape index (κ1) is 14.3. The molecular formula is C14H19ClN2O2. The highest BCUT2D eigenvalue weighted by Crippen LogP contribution is 2.19. The lowest BCUT2D eigenvalue weighted by molar-refractivity contribution is -0.150. The van der Waals surface area contributed by atoms with Crippen LogP contribution < -0.4 is 5.73 Å². The van der Waals surface area contributed by atoms with E-state index in [1.165, 1.54) is 0 Å². The van der Waals surface area contributed by atoms with Gasteiger partial charge in [0.25, 0.3) is 0 Å². The van der Waals surface area contributed by atoms with Crippen molar-refractivity contribution >= 4 is 17.5 Å². The molecule has 1 saturated heterocycles. The molecule has 0 radical (unpaired) electrons. The van der Waals surface area contributed by atoms with Gasteiger partial charge in [-0.25, -0.2) is 0 Å². The normalized spacial score (nSPS) is 19.8. The molecule has 4 nitrogen and oxygen atoms in total. The average molecular weight is 283 g/mol. The van der Waals surface area contributed by atoms with E-state index in [4.69, 9.17) is 22.1 Å². The molecule has 1 aliphatic heterocycles. The van der Waals surface area contributed by atoms with Crippen LogP contribution in [0.5, 0.6) is 0 Å². The van der Waals surface area contributed by atoms with Gasteiger partial charge in [0.05, 0.1) is 6.10 Å². The van der Waals surface area contributed by atoms with Crippen molar-refractivity contribution in [1.29, 1.82) is 0 Å². The third kappa shape index (κ3) is 3.93. The van der Waals surface area contributed by atoms with Crippen LogP contribution in [-0.2, 0) is 16.1 Å². The number of carbonyl (C=O) groups excluding carboxylic acids is 1. The van der Waals surface area contributed by atoms with Gasteiger partial charge in [0.2, 0.25) is 5.91 Å². The molecule has 1 amide bonds. The molecule has 104 valence electrons. The molecule has 0 aromatic heterocycles. The van der Waals surface area contributed by atoms with Gasteiger partial charge >= 0.3 is 0 Å². The number of amides is 1. The van der Waals surface area contributed by atoms with Crippen molar-refractivity contribution in [3.63, 3.8) is 0 Å². The number of benzene rings is 1. The van der Waals surface area contributed by atoms with Gasteiger partial charge in [-0.1, -0.05) is 29.8 Å². The van der Waals surface area contributed by atoms with E-state index in [0.29, 0.717) is 24.7 Å². The van der Waals surface area contributed by atoms with Gasteiger partial charge in [-0.05, 0) is 31.0 Å². The van der Waals surface area contributed by atoms with E-state index in [9.17, 15) is 4.79 Å². The minimum atomic E-state index is 0.0175. The Balaban J connectivity index is 1.97. The van der Waals surface area contributed by atoms with E-state index in [-0.39, 0.29) is 18.6 Å². The molecule has 0 spiro atoms. The number of morpholine rings is 1. The van der Waals surface area contributed by atoms with Crippen LogP contribution in [0, 0.1) is 0 Å². The monoisotopic (exact) mass is 282 g/mol. The highest BCUT2D eigenvalue weighted by molar-refractivity contribution is 6.31. The Labute approximate surface area is 118 Å². The fourth-order valence-electron chi connectivity index (χ4n) is 2.19. The van der Waals surface area contributed by atoms with Gasteiger partial charge in [0.1, 0.15) is 6.61 Å². The summed E-state index contributed by atoms with van der Waals surface area (Å²) in [6.45, 7) is 1.96. The van der Waals surface area contributed by atoms with Crippen LogP contribution in [0.15, 0.2) is 24.3 Å². The zero-order chi connectivity index (χ0) is 13.7. The van der Waals surface area contributed by atoms with Gasteiger partial charge in [-0.3, -0.25) is 4.79 Å². The van der Waals surface area contributed by atoms with E-state index in [1.807, 2.05) is 29.2 Å². The number of carbonyl (C=O) groups is 1. The Morgan fingerprint density at radius 3 is 2.95 bits per heavy atom. The Bertz CT molecular complexity index is 439. The zero-order valence-electron chi connectivity index (χ0n) is 10.8. The number of nitrogens with zero attached hydrogens (tertiary/aromatic N) is 1. The van der Waals surface area contributed by atoms with Crippen LogP contribution in [0.25, 0.3) is 0 Å². The molecule has 1 aliphatic rings. The molecule has 0 bridgehead atoms. The lowest BCUT2D eigenvalue weighted by Crippen LogP contribution is -2.46. The van der Waals surface area contributed by atoms with Gasteiger partial charge in [-0.2, -0.15) is 0 Å². The number of rotatable bonds is 5. The van der Waals surface area contributed by atoms with Gasteiger partial charge in [0, 0.05) is 18.1 Å². The Kier molecular flexibility index (Phi) is 5.19. The van der Waals surface area contributed by atoms with Crippen LogP contribution >= 0.6 is 11.6 Å². The van der Waals surface area contributed by atoms with Crippen molar-refractivity contribution < 1.29 is 9.53 Å². The molecule has 2 rings (SSSR count). The smallest absolute Gasteiger partial charge is 0.248 e. The SMILES string of the molecule is NCCCC1CN(Cc2ccccc2Cl)C(=O)CO1. The van der Waals surface area contributed by atoms with Crippen molar-refractivity contribution in [2.45, 2.75) is 25.5 Å². The van der Waals surface area contributed by atoms with Crippen molar-refractivity contribution in [2.75, 3.05) is 19.7 Å². The molecule has 1 unspecified atom stereocenters. The molecule has 1 atom stereocenters. The maximum absolute atomic E-state index is 11.9. The highest BCUT2D eigenvalue weighted by atomic mass is 35.5. The first-order chi connectivity index (χ1) is 9.20. The maximum Gasteiger partial charge on any atom is 0.248 e. The molecule has 2 N–H and O–H groups in total. The molecule has 0 saturated carbocycles.